The maximum absolute atomic E-state index is 4.31. The molecule has 0 aromatic rings. The molecule has 1 N–H and O–H groups in total. The maximum atomic E-state index is 4.31. The predicted molar refractivity (Wildman–Crippen MR) is 94.9 cm³/mol. The fraction of sp³-hybridized carbons (Fsp3) is 0.810. The molecule has 0 spiro atoms. The Labute approximate surface area is 149 Å². The molecule has 127 valence electrons. The molecule has 0 heterocycles. The van der Waals surface area contributed by atoms with E-state index in [1.54, 1.807) is 28.7 Å². The fourth-order valence-corrected chi connectivity index (χ4v) is 9.41. The van der Waals surface area contributed by atoms with Crippen LogP contribution in [0.15, 0.2) is 22.3 Å². The van der Waals surface area contributed by atoms with Crippen LogP contribution in [-0.4, -0.2) is 5.54 Å². The van der Waals surface area contributed by atoms with E-state index in [1.165, 1.54) is 25.7 Å². The van der Waals surface area contributed by atoms with Gasteiger partial charge in [-0.2, -0.15) is 0 Å². The van der Waals surface area contributed by atoms with Crippen LogP contribution in [0.5, 0.6) is 0 Å². The van der Waals surface area contributed by atoms with Gasteiger partial charge in [-0.3, -0.25) is 0 Å². The first-order chi connectivity index (χ1) is 10.8. The minimum absolute atomic E-state index is 0.492. The van der Waals surface area contributed by atoms with Crippen LogP contribution >= 0.6 is 0 Å². The van der Waals surface area contributed by atoms with Crippen LogP contribution in [0, 0.1) is 29.6 Å². The quantitative estimate of drug-likeness (QED) is 0.645. The van der Waals surface area contributed by atoms with Gasteiger partial charge in [0.25, 0.3) is 0 Å². The van der Waals surface area contributed by atoms with Gasteiger partial charge in [-0.15, -0.1) is 0 Å². The van der Waals surface area contributed by atoms with Crippen LogP contribution in [-0.2, 0) is 18.1 Å². The number of hydrogen-bond acceptors (Lipinski definition) is 1. The summed E-state index contributed by atoms with van der Waals surface area (Å²) in [5, 5.41) is 5.04. The van der Waals surface area contributed by atoms with E-state index in [0.717, 1.165) is 29.6 Å². The molecule has 23 heavy (non-hydrogen) atoms. The molecule has 4 saturated carbocycles. The van der Waals surface area contributed by atoms with Crippen LogP contribution < -0.4 is 3.80 Å². The predicted octanol–water partition coefficient (Wildman–Crippen LogP) is 5.70. The molecule has 4 bridgehead atoms. The van der Waals surface area contributed by atoms with Crippen molar-refractivity contribution in [3.05, 3.63) is 22.3 Å². The molecule has 0 aromatic carbocycles. The average molecular weight is 348 g/mol. The Kier molecular flexibility index (Phi) is 4.03. The monoisotopic (exact) mass is 348 g/mol. The Morgan fingerprint density at radius 3 is 1.87 bits per heavy atom. The van der Waals surface area contributed by atoms with E-state index in [0.29, 0.717) is 5.54 Å². The molecule has 1 nitrogen and oxygen atoms in total. The Balaban J connectivity index is 1.77. The first-order valence-corrected chi connectivity index (χ1v) is 13.7. The second kappa shape index (κ2) is 5.58. The van der Waals surface area contributed by atoms with Crippen molar-refractivity contribution in [1.29, 1.82) is 0 Å². The zero-order valence-corrected chi connectivity index (χ0v) is 17.5. The van der Waals surface area contributed by atoms with E-state index in [9.17, 15) is 0 Å². The van der Waals surface area contributed by atoms with E-state index in [-0.39, 0.29) is 0 Å². The summed E-state index contributed by atoms with van der Waals surface area (Å²) in [6.45, 7) is 9.61. The van der Waals surface area contributed by atoms with Gasteiger partial charge in [0.2, 0.25) is 0 Å². The third-order valence-electron chi connectivity index (χ3n) is 7.93. The van der Waals surface area contributed by atoms with Gasteiger partial charge in [-0.25, -0.2) is 0 Å². The summed E-state index contributed by atoms with van der Waals surface area (Å²) in [5.74, 6) is 4.67. The summed E-state index contributed by atoms with van der Waals surface area (Å²) in [6.07, 6.45) is 7.57. The minimum atomic E-state index is -1.04. The second-order valence-corrected chi connectivity index (χ2v) is 13.0. The van der Waals surface area contributed by atoms with Gasteiger partial charge in [0.15, 0.2) is 0 Å². The molecule has 5 rings (SSSR count). The summed E-state index contributed by atoms with van der Waals surface area (Å²) in [6, 6.07) is 0. The van der Waals surface area contributed by atoms with Crippen molar-refractivity contribution in [3.63, 3.8) is 0 Å². The summed E-state index contributed by atoms with van der Waals surface area (Å²) in [5.41, 5.74) is 7.09. The molecular formula is C21H34NTi. The SMILES string of the molecule is CC1=C(C)C(C2C3CC4CC(C3)CC2([NH][Ti]([CH3])[CH3])C4)C(C)=C1C. The van der Waals surface area contributed by atoms with Gasteiger partial charge < -0.3 is 0 Å². The van der Waals surface area contributed by atoms with Crippen molar-refractivity contribution in [2.24, 2.45) is 29.6 Å². The molecule has 0 saturated heterocycles. The molecule has 0 radical (unpaired) electrons. The van der Waals surface area contributed by atoms with Crippen LogP contribution in [0.3, 0.4) is 0 Å². The summed E-state index contributed by atoms with van der Waals surface area (Å²) in [7, 11) is 0. The molecule has 4 fully saturated rings. The molecule has 3 unspecified atom stereocenters. The van der Waals surface area contributed by atoms with E-state index in [1.807, 2.05) is 0 Å². The average Bonchev–Trinajstić information content (AvgIpc) is 2.62. The normalized spacial score (nSPS) is 43.0. The number of nitrogens with one attached hydrogen (secondary N) is 1. The zero-order valence-electron chi connectivity index (χ0n) is 15.9. The second-order valence-electron chi connectivity index (χ2n) is 9.51. The van der Waals surface area contributed by atoms with Gasteiger partial charge in [0.05, 0.1) is 0 Å². The van der Waals surface area contributed by atoms with Gasteiger partial charge >= 0.3 is 150 Å². The van der Waals surface area contributed by atoms with E-state index in [2.05, 4.69) is 42.0 Å². The van der Waals surface area contributed by atoms with Crippen molar-refractivity contribution in [3.8, 4) is 0 Å². The van der Waals surface area contributed by atoms with E-state index < -0.39 is 18.1 Å². The van der Waals surface area contributed by atoms with Gasteiger partial charge in [-0.05, 0) is 0 Å². The van der Waals surface area contributed by atoms with Gasteiger partial charge in [0.1, 0.15) is 0 Å². The standard InChI is InChI=1S/C19H28N.2CH3.Ti/c1-10-11(2)13(4)17(12(10)3)18-16-6-14-5-15(7-16)9-19(18,20)8-14;;;/h14-18,20H,5-9H2,1-4H3;2*1H3;/q-1;;;+1. The molecular weight excluding hydrogens is 314 g/mol. The zero-order chi connectivity index (χ0) is 16.5. The van der Waals surface area contributed by atoms with E-state index in [4.69, 9.17) is 0 Å². The van der Waals surface area contributed by atoms with Crippen molar-refractivity contribution >= 4 is 0 Å². The summed E-state index contributed by atoms with van der Waals surface area (Å²) >= 11 is -1.04. The Bertz CT molecular complexity index is 541. The van der Waals surface area contributed by atoms with Crippen LogP contribution in [0.2, 0.25) is 10.5 Å². The molecule has 0 amide bonds. The third kappa shape index (κ3) is 2.41. The fourth-order valence-electron chi connectivity index (χ4n) is 7.28. The third-order valence-corrected chi connectivity index (χ3v) is 9.49. The number of rotatable bonds is 3. The first kappa shape index (κ1) is 16.6. The first-order valence-electron chi connectivity index (χ1n) is 9.76. The number of allylic oxidation sites excluding steroid dienone is 4. The van der Waals surface area contributed by atoms with Crippen molar-refractivity contribution < 1.29 is 18.1 Å². The van der Waals surface area contributed by atoms with Crippen molar-refractivity contribution in [1.82, 2.24) is 3.80 Å². The van der Waals surface area contributed by atoms with Crippen molar-refractivity contribution in [2.75, 3.05) is 0 Å². The van der Waals surface area contributed by atoms with Gasteiger partial charge in [-0.1, -0.05) is 0 Å². The summed E-state index contributed by atoms with van der Waals surface area (Å²) in [4.78, 5) is 0. The number of hydrogen-bond donors (Lipinski definition) is 1. The van der Waals surface area contributed by atoms with E-state index >= 15 is 0 Å². The Morgan fingerprint density at radius 2 is 1.39 bits per heavy atom. The summed E-state index contributed by atoms with van der Waals surface area (Å²) < 4.78 is 4.31. The molecule has 2 heteroatoms. The van der Waals surface area contributed by atoms with Gasteiger partial charge in [0, 0.05) is 0 Å². The Morgan fingerprint density at radius 1 is 0.870 bits per heavy atom. The molecule has 5 aliphatic rings. The van der Waals surface area contributed by atoms with Crippen LogP contribution in [0.4, 0.5) is 0 Å². The van der Waals surface area contributed by atoms with Crippen LogP contribution in [0.25, 0.3) is 0 Å². The Hall–Kier alpha value is 0.154. The van der Waals surface area contributed by atoms with Crippen LogP contribution in [0.1, 0.15) is 59.8 Å². The molecule has 0 aliphatic heterocycles. The molecule has 5 aliphatic carbocycles. The van der Waals surface area contributed by atoms with Crippen molar-refractivity contribution in [2.45, 2.75) is 75.8 Å². The molecule has 3 atom stereocenters. The molecule has 0 aromatic heterocycles. The topological polar surface area (TPSA) is 12.0 Å².